The Labute approximate surface area is 89.2 Å². The summed E-state index contributed by atoms with van der Waals surface area (Å²) in [6.07, 6.45) is -5.57. The number of rotatable bonds is 1. The number of nitrogens with one attached hydrogen (secondary N) is 1. The molecule has 3 nitrogen and oxygen atoms in total. The normalized spacial score (nSPS) is 18.8. The third kappa shape index (κ3) is 2.10. The second kappa shape index (κ2) is 3.70. The fraction of sp³-hybridized carbons (Fsp3) is 0.300. The van der Waals surface area contributed by atoms with Crippen molar-refractivity contribution in [1.82, 2.24) is 5.32 Å². The van der Waals surface area contributed by atoms with Crippen molar-refractivity contribution in [3.63, 3.8) is 0 Å². The average Bonchev–Trinajstić information content (AvgIpc) is 2.58. The van der Waals surface area contributed by atoms with E-state index in [0.717, 1.165) is 5.56 Å². The highest BCUT2D eigenvalue weighted by Gasteiger charge is 2.40. The molecule has 6 heteroatoms. The Morgan fingerprint density at radius 2 is 2.06 bits per heavy atom. The van der Waals surface area contributed by atoms with Gasteiger partial charge in [-0.3, -0.25) is 4.79 Å². The number of benzene rings is 1. The second-order valence-electron chi connectivity index (χ2n) is 3.39. The summed E-state index contributed by atoms with van der Waals surface area (Å²) < 4.78 is 41.0. The SMILES string of the molecule is O=C(NC1Cc2ccccc2O1)C(F)(F)F. The molecule has 0 radical (unpaired) electrons. The lowest BCUT2D eigenvalue weighted by Crippen LogP contribution is -2.45. The van der Waals surface area contributed by atoms with Gasteiger partial charge >= 0.3 is 12.1 Å². The van der Waals surface area contributed by atoms with Crippen molar-refractivity contribution >= 4 is 5.91 Å². The number of amides is 1. The topological polar surface area (TPSA) is 38.3 Å². The minimum Gasteiger partial charge on any atom is -0.470 e. The smallest absolute Gasteiger partial charge is 0.470 e. The van der Waals surface area contributed by atoms with Crippen LogP contribution in [0.2, 0.25) is 0 Å². The molecule has 1 aliphatic rings. The molecule has 0 bridgehead atoms. The summed E-state index contributed by atoms with van der Waals surface area (Å²) >= 11 is 0. The molecule has 2 rings (SSSR count). The lowest BCUT2D eigenvalue weighted by Gasteiger charge is -2.13. The molecular weight excluding hydrogens is 223 g/mol. The molecule has 0 aliphatic carbocycles. The second-order valence-corrected chi connectivity index (χ2v) is 3.39. The molecule has 0 saturated carbocycles. The number of para-hydroxylation sites is 1. The van der Waals surface area contributed by atoms with Gasteiger partial charge in [0.1, 0.15) is 5.75 Å². The third-order valence-corrected chi connectivity index (χ3v) is 2.20. The molecule has 0 saturated heterocycles. The summed E-state index contributed by atoms with van der Waals surface area (Å²) in [5, 5.41) is 1.78. The Morgan fingerprint density at radius 3 is 2.69 bits per heavy atom. The zero-order chi connectivity index (χ0) is 11.8. The van der Waals surface area contributed by atoms with Crippen molar-refractivity contribution in [3.05, 3.63) is 29.8 Å². The molecule has 16 heavy (non-hydrogen) atoms. The summed E-state index contributed by atoms with van der Waals surface area (Å²) in [6.45, 7) is 0. The molecule has 1 heterocycles. The van der Waals surface area contributed by atoms with Crippen LogP contribution in [0.25, 0.3) is 0 Å². The van der Waals surface area contributed by atoms with Crippen LogP contribution in [-0.4, -0.2) is 18.3 Å². The van der Waals surface area contributed by atoms with E-state index in [-0.39, 0.29) is 6.42 Å². The van der Waals surface area contributed by atoms with Crippen molar-refractivity contribution in [2.75, 3.05) is 0 Å². The van der Waals surface area contributed by atoms with Crippen LogP contribution in [0.3, 0.4) is 0 Å². The zero-order valence-corrected chi connectivity index (χ0v) is 8.04. The van der Waals surface area contributed by atoms with Crippen LogP contribution in [0.4, 0.5) is 13.2 Å². The molecule has 1 aromatic rings. The number of carbonyl (C=O) groups excluding carboxylic acids is 1. The van der Waals surface area contributed by atoms with Crippen molar-refractivity contribution in [3.8, 4) is 5.75 Å². The maximum atomic E-state index is 12.0. The van der Waals surface area contributed by atoms with E-state index in [1.54, 1.807) is 29.6 Å². The summed E-state index contributed by atoms with van der Waals surface area (Å²) in [5.41, 5.74) is 0.787. The zero-order valence-electron chi connectivity index (χ0n) is 8.04. The van der Waals surface area contributed by atoms with Crippen LogP contribution in [-0.2, 0) is 11.2 Å². The van der Waals surface area contributed by atoms with E-state index in [1.807, 2.05) is 0 Å². The highest BCUT2D eigenvalue weighted by molar-refractivity contribution is 5.81. The molecule has 1 unspecified atom stereocenters. The number of hydrogen-bond donors (Lipinski definition) is 1. The first-order valence-electron chi connectivity index (χ1n) is 4.59. The molecule has 0 fully saturated rings. The highest BCUT2D eigenvalue weighted by Crippen LogP contribution is 2.27. The van der Waals surface area contributed by atoms with E-state index >= 15 is 0 Å². The molecule has 1 aromatic carbocycles. The van der Waals surface area contributed by atoms with Gasteiger partial charge in [-0.1, -0.05) is 18.2 Å². The third-order valence-electron chi connectivity index (χ3n) is 2.20. The van der Waals surface area contributed by atoms with Gasteiger partial charge in [-0.2, -0.15) is 13.2 Å². The Hall–Kier alpha value is -1.72. The predicted molar refractivity (Wildman–Crippen MR) is 48.8 cm³/mol. The van der Waals surface area contributed by atoms with Gasteiger partial charge in [-0.05, 0) is 11.6 Å². The first kappa shape index (κ1) is 10.8. The Morgan fingerprint density at radius 1 is 1.38 bits per heavy atom. The molecule has 1 amide bonds. The number of ether oxygens (including phenoxy) is 1. The number of fused-ring (bicyclic) bond motifs is 1. The van der Waals surface area contributed by atoms with Gasteiger partial charge in [0.05, 0.1) is 0 Å². The molecule has 86 valence electrons. The van der Waals surface area contributed by atoms with E-state index in [9.17, 15) is 18.0 Å². The van der Waals surface area contributed by atoms with Crippen molar-refractivity contribution in [1.29, 1.82) is 0 Å². The van der Waals surface area contributed by atoms with Crippen LogP contribution >= 0.6 is 0 Å². The molecule has 0 spiro atoms. The Kier molecular flexibility index (Phi) is 2.49. The monoisotopic (exact) mass is 231 g/mol. The van der Waals surface area contributed by atoms with Crippen LogP contribution in [0.5, 0.6) is 5.75 Å². The van der Waals surface area contributed by atoms with Crippen molar-refractivity contribution in [2.24, 2.45) is 0 Å². The minimum atomic E-state index is -4.88. The van der Waals surface area contributed by atoms with Crippen LogP contribution in [0.1, 0.15) is 5.56 Å². The largest absolute Gasteiger partial charge is 0.471 e. The summed E-state index contributed by atoms with van der Waals surface area (Å²) in [7, 11) is 0. The molecular formula is C10H8F3NO2. The van der Waals surface area contributed by atoms with Crippen molar-refractivity contribution in [2.45, 2.75) is 18.8 Å². The number of alkyl halides is 3. The fourth-order valence-corrected chi connectivity index (χ4v) is 1.49. The van der Waals surface area contributed by atoms with Gasteiger partial charge in [-0.15, -0.1) is 0 Å². The van der Waals surface area contributed by atoms with Crippen molar-refractivity contribution < 1.29 is 22.7 Å². The summed E-state index contributed by atoms with van der Waals surface area (Å²) in [4.78, 5) is 10.7. The van der Waals surface area contributed by atoms with Gasteiger partial charge < -0.3 is 10.1 Å². The van der Waals surface area contributed by atoms with Crippen LogP contribution in [0.15, 0.2) is 24.3 Å². The number of hydrogen-bond acceptors (Lipinski definition) is 2. The molecule has 1 aliphatic heterocycles. The van der Waals surface area contributed by atoms with Gasteiger partial charge in [0, 0.05) is 6.42 Å². The maximum Gasteiger partial charge on any atom is 0.471 e. The minimum absolute atomic E-state index is 0.248. The van der Waals surface area contributed by atoms with Crippen LogP contribution in [0, 0.1) is 0 Å². The molecule has 0 aromatic heterocycles. The number of carbonyl (C=O) groups is 1. The highest BCUT2D eigenvalue weighted by atomic mass is 19.4. The molecule has 1 N–H and O–H groups in total. The van der Waals surface area contributed by atoms with Gasteiger partial charge in [-0.25, -0.2) is 0 Å². The van der Waals surface area contributed by atoms with Crippen LogP contribution < -0.4 is 10.1 Å². The van der Waals surface area contributed by atoms with E-state index < -0.39 is 18.3 Å². The maximum absolute atomic E-state index is 12.0. The quantitative estimate of drug-likeness (QED) is 0.797. The van der Waals surface area contributed by atoms with Gasteiger partial charge in [0.25, 0.3) is 0 Å². The van der Waals surface area contributed by atoms with E-state index in [2.05, 4.69) is 0 Å². The van der Waals surface area contributed by atoms with E-state index in [1.165, 1.54) is 0 Å². The first-order chi connectivity index (χ1) is 7.47. The van der Waals surface area contributed by atoms with E-state index in [4.69, 9.17) is 4.74 Å². The van der Waals surface area contributed by atoms with Gasteiger partial charge in [0.2, 0.25) is 0 Å². The summed E-state index contributed by atoms with van der Waals surface area (Å²) in [5.74, 6) is -1.47. The standard InChI is InChI=1S/C10H8F3NO2/c11-10(12,13)9(15)14-8-5-6-3-1-2-4-7(6)16-8/h1-4,8H,5H2,(H,14,15). The average molecular weight is 231 g/mol. The number of halogens is 3. The lowest BCUT2D eigenvalue weighted by molar-refractivity contribution is -0.175. The lowest BCUT2D eigenvalue weighted by atomic mass is 10.1. The predicted octanol–water partition coefficient (Wildman–Crippen LogP) is 1.63. The fourth-order valence-electron chi connectivity index (χ4n) is 1.49. The van der Waals surface area contributed by atoms with E-state index in [0.29, 0.717) is 5.75 Å². The Balaban J connectivity index is 2.00. The Bertz CT molecular complexity index is 392. The first-order valence-corrected chi connectivity index (χ1v) is 4.59. The molecule has 1 atom stereocenters. The van der Waals surface area contributed by atoms with Gasteiger partial charge in [0.15, 0.2) is 6.23 Å². The summed E-state index contributed by atoms with van der Waals surface area (Å²) in [6, 6.07) is 6.87.